The highest BCUT2D eigenvalue weighted by Crippen LogP contribution is 2.12. The highest BCUT2D eigenvalue weighted by Gasteiger charge is 2.05. The van der Waals surface area contributed by atoms with Crippen molar-refractivity contribution in [1.82, 2.24) is 10.9 Å². The van der Waals surface area contributed by atoms with Gasteiger partial charge in [0.15, 0.2) is 0 Å². The van der Waals surface area contributed by atoms with Crippen molar-refractivity contribution in [2.75, 3.05) is 5.32 Å². The van der Waals surface area contributed by atoms with Crippen LogP contribution in [0.5, 0.6) is 0 Å². The normalized spacial score (nSPS) is 9.76. The van der Waals surface area contributed by atoms with Gasteiger partial charge in [-0.3, -0.25) is 10.2 Å². The molecule has 0 aliphatic carbocycles. The van der Waals surface area contributed by atoms with E-state index in [1.165, 1.54) is 0 Å². The Labute approximate surface area is 127 Å². The Hall–Kier alpha value is -2.53. The van der Waals surface area contributed by atoms with Gasteiger partial charge in [0.25, 0.3) is 0 Å². The smallest absolute Gasteiger partial charge is 0.307 e. The molecule has 5 nitrogen and oxygen atoms in total. The lowest BCUT2D eigenvalue weighted by Gasteiger charge is -2.09. The lowest BCUT2D eigenvalue weighted by atomic mass is 10.1. The first kappa shape index (κ1) is 14.9. The van der Waals surface area contributed by atoms with Crippen molar-refractivity contribution in [1.29, 1.82) is 0 Å². The Morgan fingerprint density at radius 2 is 1.57 bits per heavy atom. The molecule has 0 fully saturated rings. The van der Waals surface area contributed by atoms with E-state index in [4.69, 9.17) is 11.6 Å². The maximum Gasteiger partial charge on any atom is 0.337 e. The number of hydrazine groups is 1. The molecule has 2 aromatic carbocycles. The van der Waals surface area contributed by atoms with E-state index in [9.17, 15) is 9.59 Å². The summed E-state index contributed by atoms with van der Waals surface area (Å²) in [6.07, 6.45) is 0.196. The molecule has 21 heavy (non-hydrogen) atoms. The fourth-order valence-electron chi connectivity index (χ4n) is 1.65. The number of hydrogen-bond acceptors (Lipinski definition) is 2. The van der Waals surface area contributed by atoms with Crippen LogP contribution in [0.3, 0.4) is 0 Å². The number of anilines is 1. The average molecular weight is 304 g/mol. The van der Waals surface area contributed by atoms with Crippen LogP contribution in [0.25, 0.3) is 0 Å². The molecule has 0 radical (unpaired) electrons. The minimum absolute atomic E-state index is 0.196. The number of urea groups is 1. The van der Waals surface area contributed by atoms with Gasteiger partial charge in [-0.15, -0.1) is 0 Å². The third-order valence-corrected chi connectivity index (χ3v) is 2.88. The van der Waals surface area contributed by atoms with Gasteiger partial charge in [-0.25, -0.2) is 10.2 Å². The Morgan fingerprint density at radius 1 is 0.905 bits per heavy atom. The molecule has 0 aromatic heterocycles. The Morgan fingerprint density at radius 3 is 2.24 bits per heavy atom. The zero-order valence-corrected chi connectivity index (χ0v) is 11.9. The van der Waals surface area contributed by atoms with Crippen LogP contribution in [0, 0.1) is 0 Å². The highest BCUT2D eigenvalue weighted by atomic mass is 35.5. The number of hydrogen-bond donors (Lipinski definition) is 3. The van der Waals surface area contributed by atoms with E-state index in [2.05, 4.69) is 16.2 Å². The number of rotatable bonds is 3. The molecule has 3 amide bonds. The van der Waals surface area contributed by atoms with E-state index in [1.807, 2.05) is 30.3 Å². The fourth-order valence-corrected chi connectivity index (χ4v) is 1.77. The lowest BCUT2D eigenvalue weighted by molar-refractivity contribution is -0.121. The van der Waals surface area contributed by atoms with Crippen LogP contribution in [-0.4, -0.2) is 11.9 Å². The van der Waals surface area contributed by atoms with E-state index in [-0.39, 0.29) is 12.3 Å². The van der Waals surface area contributed by atoms with Crippen LogP contribution >= 0.6 is 11.6 Å². The maximum absolute atomic E-state index is 11.6. The number of halogens is 1. The first-order valence-electron chi connectivity index (χ1n) is 6.29. The summed E-state index contributed by atoms with van der Waals surface area (Å²) >= 11 is 5.74. The second-order valence-corrected chi connectivity index (χ2v) is 4.73. The van der Waals surface area contributed by atoms with Crippen LogP contribution in [0.2, 0.25) is 5.02 Å². The molecule has 0 spiro atoms. The van der Waals surface area contributed by atoms with E-state index in [0.717, 1.165) is 5.56 Å². The van der Waals surface area contributed by atoms with Gasteiger partial charge >= 0.3 is 6.03 Å². The average Bonchev–Trinajstić information content (AvgIpc) is 2.49. The van der Waals surface area contributed by atoms with Crippen LogP contribution in [0.4, 0.5) is 10.5 Å². The van der Waals surface area contributed by atoms with Gasteiger partial charge in [-0.05, 0) is 29.8 Å². The van der Waals surface area contributed by atoms with E-state index in [0.29, 0.717) is 10.7 Å². The molecule has 108 valence electrons. The summed E-state index contributed by atoms with van der Waals surface area (Å²) in [5.41, 5.74) is 6.07. The van der Waals surface area contributed by atoms with Crippen LogP contribution in [-0.2, 0) is 11.2 Å². The first-order valence-corrected chi connectivity index (χ1v) is 6.66. The van der Waals surface area contributed by atoms with Crippen LogP contribution in [0.15, 0.2) is 54.6 Å². The van der Waals surface area contributed by atoms with Crippen molar-refractivity contribution in [3.8, 4) is 0 Å². The van der Waals surface area contributed by atoms with Crippen molar-refractivity contribution in [3.05, 3.63) is 65.2 Å². The summed E-state index contributed by atoms with van der Waals surface area (Å²) in [6, 6.07) is 15.4. The van der Waals surface area contributed by atoms with Gasteiger partial charge in [0.05, 0.1) is 6.42 Å². The Balaban J connectivity index is 1.76. The summed E-state index contributed by atoms with van der Waals surface area (Å²) in [4.78, 5) is 23.2. The lowest BCUT2D eigenvalue weighted by Crippen LogP contribution is -2.44. The van der Waals surface area contributed by atoms with E-state index >= 15 is 0 Å². The highest BCUT2D eigenvalue weighted by molar-refractivity contribution is 6.30. The van der Waals surface area contributed by atoms with Crippen LogP contribution in [0.1, 0.15) is 5.56 Å². The minimum atomic E-state index is -0.529. The number of benzene rings is 2. The number of carbonyl (C=O) groups excluding carboxylic acids is 2. The molecule has 0 saturated heterocycles. The molecule has 0 heterocycles. The summed E-state index contributed by atoms with van der Waals surface area (Å²) < 4.78 is 0. The third-order valence-electron chi connectivity index (χ3n) is 2.63. The van der Waals surface area contributed by atoms with Gasteiger partial charge < -0.3 is 5.32 Å². The largest absolute Gasteiger partial charge is 0.337 e. The van der Waals surface area contributed by atoms with Crippen molar-refractivity contribution in [2.45, 2.75) is 6.42 Å². The van der Waals surface area contributed by atoms with Crippen molar-refractivity contribution < 1.29 is 9.59 Å². The molecule has 3 N–H and O–H groups in total. The maximum atomic E-state index is 11.6. The SMILES string of the molecule is O=C(Cc1ccccc1)NNC(=O)Nc1ccc(Cl)cc1. The van der Waals surface area contributed by atoms with Gasteiger partial charge in [-0.2, -0.15) is 0 Å². The van der Waals surface area contributed by atoms with Crippen molar-refractivity contribution in [3.63, 3.8) is 0 Å². The fraction of sp³-hybridized carbons (Fsp3) is 0.0667. The van der Waals surface area contributed by atoms with Crippen molar-refractivity contribution in [2.24, 2.45) is 0 Å². The van der Waals surface area contributed by atoms with Gasteiger partial charge in [-0.1, -0.05) is 41.9 Å². The molecule has 0 aliphatic heterocycles. The third kappa shape index (κ3) is 5.16. The molecule has 0 saturated carbocycles. The van der Waals surface area contributed by atoms with E-state index < -0.39 is 6.03 Å². The Kier molecular flexibility index (Phi) is 5.17. The summed E-state index contributed by atoms with van der Waals surface area (Å²) in [5.74, 6) is -0.299. The van der Waals surface area contributed by atoms with Gasteiger partial charge in [0.2, 0.25) is 5.91 Å². The quantitative estimate of drug-likeness (QED) is 0.763. The summed E-state index contributed by atoms with van der Waals surface area (Å²) in [7, 11) is 0. The molecular weight excluding hydrogens is 290 g/mol. The van der Waals surface area contributed by atoms with Gasteiger partial charge in [0.1, 0.15) is 0 Å². The predicted molar refractivity (Wildman–Crippen MR) is 81.9 cm³/mol. The second-order valence-electron chi connectivity index (χ2n) is 4.30. The molecule has 0 atom stereocenters. The van der Waals surface area contributed by atoms with E-state index in [1.54, 1.807) is 24.3 Å². The molecule has 0 aliphatic rings. The molecule has 0 bridgehead atoms. The minimum Gasteiger partial charge on any atom is -0.307 e. The monoisotopic (exact) mass is 303 g/mol. The number of carbonyl (C=O) groups is 2. The summed E-state index contributed by atoms with van der Waals surface area (Å²) in [6.45, 7) is 0. The molecular formula is C15H14ClN3O2. The molecule has 2 rings (SSSR count). The molecule has 0 unspecified atom stereocenters. The second kappa shape index (κ2) is 7.31. The summed E-state index contributed by atoms with van der Waals surface area (Å²) in [5, 5.41) is 3.15. The predicted octanol–water partition coefficient (Wildman–Crippen LogP) is 2.74. The standard InChI is InChI=1S/C15H14ClN3O2/c16-12-6-8-13(9-7-12)17-15(21)19-18-14(20)10-11-4-2-1-3-5-11/h1-9H,10H2,(H,18,20)(H2,17,19,21). The molecule has 6 heteroatoms. The van der Waals surface area contributed by atoms with Crippen molar-refractivity contribution >= 4 is 29.2 Å². The number of amides is 3. The number of nitrogens with one attached hydrogen (secondary N) is 3. The topological polar surface area (TPSA) is 70.2 Å². The first-order chi connectivity index (χ1) is 10.1. The van der Waals surface area contributed by atoms with Crippen LogP contribution < -0.4 is 16.2 Å². The zero-order chi connectivity index (χ0) is 15.1. The molecule has 2 aromatic rings. The van der Waals surface area contributed by atoms with Gasteiger partial charge in [0, 0.05) is 10.7 Å². The Bertz CT molecular complexity index is 615. The zero-order valence-electron chi connectivity index (χ0n) is 11.1.